The van der Waals surface area contributed by atoms with E-state index in [0.29, 0.717) is 0 Å². The topological polar surface area (TPSA) is 43.3 Å². The lowest BCUT2D eigenvalue weighted by Gasteiger charge is -2.38. The van der Waals surface area contributed by atoms with Gasteiger partial charge < -0.3 is 14.2 Å². The number of benzene rings is 3. The van der Waals surface area contributed by atoms with E-state index in [2.05, 4.69) is 35.3 Å². The predicted octanol–water partition coefficient (Wildman–Crippen LogP) is 5.72. The van der Waals surface area contributed by atoms with Crippen LogP contribution in [0.25, 0.3) is 0 Å². The molecule has 0 saturated heterocycles. The molecule has 5 heteroatoms. The Morgan fingerprint density at radius 1 is 0.968 bits per heavy atom. The SMILES string of the molecule is COc1ccc2c(c1)C1CC(c3ccccc3)=NN1C(c1ccc(OC(C)C)cc1)O2. The van der Waals surface area contributed by atoms with Crippen molar-refractivity contribution in [2.24, 2.45) is 5.10 Å². The molecule has 0 bridgehead atoms. The molecule has 0 N–H and O–H groups in total. The summed E-state index contributed by atoms with van der Waals surface area (Å²) in [6.07, 6.45) is 0.651. The third kappa shape index (κ3) is 3.72. The lowest BCUT2D eigenvalue weighted by Crippen LogP contribution is -2.33. The van der Waals surface area contributed by atoms with Gasteiger partial charge in [0.15, 0.2) is 0 Å². The fourth-order valence-corrected chi connectivity index (χ4v) is 4.20. The van der Waals surface area contributed by atoms with Crippen LogP contribution in [0.15, 0.2) is 77.9 Å². The minimum atomic E-state index is -0.305. The van der Waals surface area contributed by atoms with E-state index in [9.17, 15) is 0 Å². The van der Waals surface area contributed by atoms with Crippen LogP contribution in [0.3, 0.4) is 0 Å². The van der Waals surface area contributed by atoms with Crippen LogP contribution in [-0.4, -0.2) is 23.9 Å². The number of hydrogen-bond acceptors (Lipinski definition) is 5. The van der Waals surface area contributed by atoms with E-state index in [1.54, 1.807) is 7.11 Å². The van der Waals surface area contributed by atoms with Crippen LogP contribution in [-0.2, 0) is 0 Å². The average molecular weight is 415 g/mol. The van der Waals surface area contributed by atoms with E-state index in [1.165, 1.54) is 0 Å². The van der Waals surface area contributed by atoms with E-state index in [-0.39, 0.29) is 18.4 Å². The molecule has 2 heterocycles. The Labute approximate surface area is 182 Å². The highest BCUT2D eigenvalue weighted by Gasteiger charge is 2.41. The molecule has 2 aliphatic rings. The minimum Gasteiger partial charge on any atom is -0.497 e. The fraction of sp³-hybridized carbons (Fsp3) is 0.269. The second kappa shape index (κ2) is 7.99. The first-order valence-corrected chi connectivity index (χ1v) is 10.6. The fourth-order valence-electron chi connectivity index (χ4n) is 4.20. The predicted molar refractivity (Wildman–Crippen MR) is 121 cm³/mol. The Morgan fingerprint density at radius 3 is 2.42 bits per heavy atom. The molecule has 2 unspecified atom stereocenters. The molecule has 2 atom stereocenters. The van der Waals surface area contributed by atoms with Crippen molar-refractivity contribution in [1.29, 1.82) is 0 Å². The summed E-state index contributed by atoms with van der Waals surface area (Å²) in [6.45, 7) is 4.05. The maximum Gasteiger partial charge on any atom is 0.213 e. The maximum atomic E-state index is 6.46. The zero-order chi connectivity index (χ0) is 21.4. The third-order valence-electron chi connectivity index (χ3n) is 5.64. The Kier molecular flexibility index (Phi) is 5.02. The average Bonchev–Trinajstić information content (AvgIpc) is 3.25. The van der Waals surface area contributed by atoms with Crippen LogP contribution in [0.4, 0.5) is 0 Å². The van der Waals surface area contributed by atoms with Gasteiger partial charge >= 0.3 is 0 Å². The van der Waals surface area contributed by atoms with Crippen molar-refractivity contribution in [2.75, 3.05) is 7.11 Å². The Balaban J connectivity index is 1.54. The van der Waals surface area contributed by atoms with Crippen molar-refractivity contribution in [3.8, 4) is 17.2 Å². The van der Waals surface area contributed by atoms with Gasteiger partial charge in [0.2, 0.25) is 6.23 Å². The maximum absolute atomic E-state index is 6.46. The second-order valence-corrected chi connectivity index (χ2v) is 8.12. The summed E-state index contributed by atoms with van der Waals surface area (Å²) < 4.78 is 17.7. The van der Waals surface area contributed by atoms with Crippen LogP contribution >= 0.6 is 0 Å². The van der Waals surface area contributed by atoms with Crippen LogP contribution < -0.4 is 14.2 Å². The molecule has 0 saturated carbocycles. The Bertz CT molecular complexity index is 1090. The number of ether oxygens (including phenoxy) is 3. The monoisotopic (exact) mass is 414 g/mol. The number of hydrazone groups is 1. The van der Waals surface area contributed by atoms with E-state index in [4.69, 9.17) is 19.3 Å². The first-order valence-electron chi connectivity index (χ1n) is 10.6. The van der Waals surface area contributed by atoms with E-state index >= 15 is 0 Å². The van der Waals surface area contributed by atoms with E-state index in [1.807, 2.05) is 56.3 Å². The lowest BCUT2D eigenvalue weighted by molar-refractivity contribution is -0.0191. The molecule has 0 fully saturated rings. The highest BCUT2D eigenvalue weighted by atomic mass is 16.5. The molecular formula is C26H26N2O3. The smallest absolute Gasteiger partial charge is 0.213 e. The Morgan fingerprint density at radius 2 is 1.71 bits per heavy atom. The number of methoxy groups -OCH3 is 1. The van der Waals surface area contributed by atoms with Crippen molar-refractivity contribution < 1.29 is 14.2 Å². The number of nitrogens with zero attached hydrogens (tertiary/aromatic N) is 2. The molecule has 2 aliphatic heterocycles. The summed E-state index contributed by atoms with van der Waals surface area (Å²) in [5, 5.41) is 7.10. The van der Waals surface area contributed by atoms with E-state index < -0.39 is 0 Å². The van der Waals surface area contributed by atoms with Crippen molar-refractivity contribution >= 4 is 5.71 Å². The first-order chi connectivity index (χ1) is 15.1. The van der Waals surface area contributed by atoms with Crippen molar-refractivity contribution in [3.05, 3.63) is 89.5 Å². The highest BCUT2D eigenvalue weighted by Crippen LogP contribution is 2.48. The van der Waals surface area contributed by atoms with Gasteiger partial charge in [-0.05, 0) is 61.9 Å². The molecule has 31 heavy (non-hydrogen) atoms. The van der Waals surface area contributed by atoms with Crippen LogP contribution in [0, 0.1) is 0 Å². The highest BCUT2D eigenvalue weighted by molar-refractivity contribution is 6.01. The van der Waals surface area contributed by atoms with Gasteiger partial charge in [-0.3, -0.25) is 0 Å². The van der Waals surface area contributed by atoms with Crippen LogP contribution in [0.1, 0.15) is 49.2 Å². The summed E-state index contributed by atoms with van der Waals surface area (Å²) in [4.78, 5) is 0. The summed E-state index contributed by atoms with van der Waals surface area (Å²) in [5.74, 6) is 2.55. The molecule has 0 aromatic heterocycles. The molecule has 5 rings (SSSR count). The van der Waals surface area contributed by atoms with Gasteiger partial charge in [-0.15, -0.1) is 0 Å². The molecule has 0 spiro atoms. The van der Waals surface area contributed by atoms with Gasteiger partial charge in [-0.25, -0.2) is 5.01 Å². The van der Waals surface area contributed by atoms with Gasteiger partial charge in [-0.1, -0.05) is 30.3 Å². The summed E-state index contributed by atoms with van der Waals surface area (Å²) >= 11 is 0. The van der Waals surface area contributed by atoms with E-state index in [0.717, 1.165) is 46.1 Å². The van der Waals surface area contributed by atoms with Gasteiger partial charge in [0, 0.05) is 17.5 Å². The first kappa shape index (κ1) is 19.5. The molecule has 3 aromatic rings. The molecule has 0 aliphatic carbocycles. The second-order valence-electron chi connectivity index (χ2n) is 8.12. The zero-order valence-electron chi connectivity index (χ0n) is 18.0. The number of rotatable bonds is 5. The molecular weight excluding hydrogens is 388 g/mol. The van der Waals surface area contributed by atoms with Crippen molar-refractivity contribution in [2.45, 2.75) is 38.6 Å². The molecule has 158 valence electrons. The molecule has 5 nitrogen and oxygen atoms in total. The van der Waals surface area contributed by atoms with Crippen LogP contribution in [0.5, 0.6) is 17.2 Å². The van der Waals surface area contributed by atoms with Gasteiger partial charge in [0.1, 0.15) is 17.2 Å². The zero-order valence-corrected chi connectivity index (χ0v) is 18.0. The number of hydrogen-bond donors (Lipinski definition) is 0. The molecule has 0 amide bonds. The summed E-state index contributed by atoms with van der Waals surface area (Å²) in [6, 6.07) is 24.5. The minimum absolute atomic E-state index is 0.0886. The standard InChI is InChI=1S/C26H26N2O3/c1-17(2)30-20-11-9-19(10-12-20)26-28-24(16-23(27-28)18-7-5-4-6-8-18)22-15-21(29-3)13-14-25(22)31-26/h4-15,17,24,26H,16H2,1-3H3. The van der Waals surface area contributed by atoms with Crippen LogP contribution in [0.2, 0.25) is 0 Å². The quantitative estimate of drug-likeness (QED) is 0.535. The molecule has 3 aromatic carbocycles. The summed E-state index contributed by atoms with van der Waals surface area (Å²) in [5.41, 5.74) is 4.35. The third-order valence-corrected chi connectivity index (χ3v) is 5.64. The largest absolute Gasteiger partial charge is 0.497 e. The normalized spacial score (nSPS) is 19.4. The van der Waals surface area contributed by atoms with Gasteiger partial charge in [-0.2, -0.15) is 5.10 Å². The lowest BCUT2D eigenvalue weighted by atomic mass is 9.95. The van der Waals surface area contributed by atoms with Crippen molar-refractivity contribution in [3.63, 3.8) is 0 Å². The Hall–Kier alpha value is -3.47. The molecule has 0 radical (unpaired) electrons. The van der Waals surface area contributed by atoms with Crippen molar-refractivity contribution in [1.82, 2.24) is 5.01 Å². The van der Waals surface area contributed by atoms with Gasteiger partial charge in [0.05, 0.1) is 25.0 Å². The summed E-state index contributed by atoms with van der Waals surface area (Å²) in [7, 11) is 1.69. The van der Waals surface area contributed by atoms with Gasteiger partial charge in [0.25, 0.3) is 0 Å². The number of fused-ring (bicyclic) bond motifs is 3.